The van der Waals surface area contributed by atoms with Crippen molar-refractivity contribution < 1.29 is 0 Å². The van der Waals surface area contributed by atoms with Gasteiger partial charge in [-0.25, -0.2) is 0 Å². The lowest BCUT2D eigenvalue weighted by atomic mass is 10.1. The molecule has 0 N–H and O–H groups in total. The molecule has 1 heterocycles. The van der Waals surface area contributed by atoms with E-state index in [-0.39, 0.29) is 0 Å². The molecule has 0 atom stereocenters. The highest BCUT2D eigenvalue weighted by Crippen LogP contribution is 2.28. The molecule has 0 unspecified atom stereocenters. The van der Waals surface area contributed by atoms with Crippen LogP contribution < -0.4 is 10.4 Å². The smallest absolute Gasteiger partial charge is 0.0985 e. The van der Waals surface area contributed by atoms with Crippen molar-refractivity contribution in [3.05, 3.63) is 96.2 Å². The van der Waals surface area contributed by atoms with Crippen LogP contribution >= 0.6 is 0 Å². The molecule has 0 fully saturated rings. The predicted octanol–water partition coefficient (Wildman–Crippen LogP) is 4.76. The van der Waals surface area contributed by atoms with Gasteiger partial charge in [-0.3, -0.25) is 0 Å². The molecule has 1 aliphatic heterocycles. The van der Waals surface area contributed by atoms with Gasteiger partial charge in [0.05, 0.1) is 0 Å². The maximum absolute atomic E-state index is 3.82. The molecule has 1 heteroatoms. The fourth-order valence-corrected chi connectivity index (χ4v) is 7.29. The fraction of sp³-hybridized carbons (Fsp3) is 0.0435. The molecule has 4 rings (SSSR count). The molecule has 0 amide bonds. The van der Waals surface area contributed by atoms with Gasteiger partial charge in [-0.05, 0) is 32.6 Å². The molecule has 0 saturated heterocycles. The lowest BCUT2D eigenvalue weighted by Gasteiger charge is -2.20. The zero-order chi connectivity index (χ0) is 16.6. The number of hydrogen-bond donors (Lipinski definition) is 0. The van der Waals surface area contributed by atoms with E-state index in [1.54, 1.807) is 0 Å². The van der Waals surface area contributed by atoms with Crippen molar-refractivity contribution in [2.24, 2.45) is 0 Å². The maximum atomic E-state index is 3.82. The van der Waals surface area contributed by atoms with Gasteiger partial charge in [0.15, 0.2) is 0 Å². The lowest BCUT2D eigenvalue weighted by Crippen LogP contribution is -2.50. The average Bonchev–Trinajstić information content (AvgIpc) is 2.91. The highest BCUT2D eigenvalue weighted by atomic mass is 28.3. The standard InChI is InChI=1S/C23H20Si/c1-3-18-12-14-19(15-13-18)16-17-24(2)22-10-6-4-8-20(22)21-9-5-7-11-23(21)24/h3-17H,1H2,2H3/b17-16+. The Kier molecular flexibility index (Phi) is 3.59. The number of rotatable bonds is 3. The van der Waals surface area contributed by atoms with Crippen molar-refractivity contribution >= 4 is 30.6 Å². The van der Waals surface area contributed by atoms with Crippen molar-refractivity contribution in [1.82, 2.24) is 0 Å². The van der Waals surface area contributed by atoms with Gasteiger partial charge in [0.2, 0.25) is 0 Å². The van der Waals surface area contributed by atoms with Crippen LogP contribution in [0, 0.1) is 0 Å². The van der Waals surface area contributed by atoms with Gasteiger partial charge in [-0.1, -0.05) is 104 Å². The molecule has 0 saturated carbocycles. The van der Waals surface area contributed by atoms with Crippen LogP contribution in [0.15, 0.2) is 85.1 Å². The third-order valence-corrected chi connectivity index (χ3v) is 8.99. The van der Waals surface area contributed by atoms with Gasteiger partial charge in [0, 0.05) is 0 Å². The Bertz CT molecular complexity index is 887. The predicted molar refractivity (Wildman–Crippen MR) is 108 cm³/mol. The summed E-state index contributed by atoms with van der Waals surface area (Å²) in [6, 6.07) is 26.3. The molecule has 3 aromatic rings. The van der Waals surface area contributed by atoms with Crippen LogP contribution in [0.1, 0.15) is 11.1 Å². The molecule has 3 aromatic carbocycles. The van der Waals surface area contributed by atoms with Gasteiger partial charge < -0.3 is 0 Å². The van der Waals surface area contributed by atoms with E-state index in [0.717, 1.165) is 5.56 Å². The fourth-order valence-electron chi connectivity index (χ4n) is 3.67. The van der Waals surface area contributed by atoms with Gasteiger partial charge in [-0.2, -0.15) is 0 Å². The van der Waals surface area contributed by atoms with E-state index in [4.69, 9.17) is 0 Å². The van der Waals surface area contributed by atoms with E-state index < -0.39 is 8.07 Å². The molecule has 0 radical (unpaired) electrons. The molecule has 1 aliphatic rings. The van der Waals surface area contributed by atoms with E-state index in [1.807, 2.05) is 6.08 Å². The minimum absolute atomic E-state index is 1.16. The van der Waals surface area contributed by atoms with Crippen LogP contribution in [0.25, 0.3) is 23.3 Å². The summed E-state index contributed by atoms with van der Waals surface area (Å²) < 4.78 is 0. The average molecular weight is 324 g/mol. The summed E-state index contributed by atoms with van der Waals surface area (Å²) in [5, 5.41) is 3.04. The van der Waals surface area contributed by atoms with Crippen LogP contribution in [0.4, 0.5) is 0 Å². The summed E-state index contributed by atoms with van der Waals surface area (Å²) >= 11 is 0. The molecular formula is C23H20Si. The third-order valence-electron chi connectivity index (χ3n) is 5.04. The van der Waals surface area contributed by atoms with Gasteiger partial charge in [-0.15, -0.1) is 0 Å². The Morgan fingerprint density at radius 3 is 1.75 bits per heavy atom. The van der Waals surface area contributed by atoms with E-state index in [1.165, 1.54) is 27.1 Å². The Balaban J connectivity index is 1.81. The first-order valence-corrected chi connectivity index (χ1v) is 10.9. The van der Waals surface area contributed by atoms with Crippen LogP contribution in [0.2, 0.25) is 6.55 Å². The second kappa shape index (κ2) is 5.77. The maximum Gasteiger partial charge on any atom is 0.139 e. The SMILES string of the molecule is C=Cc1ccc(/C=C/[Si]2(C)c3ccccc3-c3ccccc32)cc1. The molecule has 0 bridgehead atoms. The highest BCUT2D eigenvalue weighted by Gasteiger charge is 2.38. The molecular weight excluding hydrogens is 304 g/mol. The number of fused-ring (bicyclic) bond motifs is 3. The normalized spacial score (nSPS) is 14.4. The van der Waals surface area contributed by atoms with Crippen molar-refractivity contribution in [2.75, 3.05) is 0 Å². The van der Waals surface area contributed by atoms with Crippen molar-refractivity contribution in [1.29, 1.82) is 0 Å². The van der Waals surface area contributed by atoms with Crippen LogP contribution in [-0.4, -0.2) is 8.07 Å². The Hall–Kier alpha value is -2.64. The van der Waals surface area contributed by atoms with Gasteiger partial charge in [0.25, 0.3) is 0 Å². The summed E-state index contributed by atoms with van der Waals surface area (Å²) in [5.41, 5.74) is 7.70. The Morgan fingerprint density at radius 2 is 1.21 bits per heavy atom. The molecule has 116 valence electrons. The number of benzene rings is 3. The van der Waals surface area contributed by atoms with Gasteiger partial charge >= 0.3 is 0 Å². The lowest BCUT2D eigenvalue weighted by molar-refractivity contribution is 1.62. The van der Waals surface area contributed by atoms with E-state index in [9.17, 15) is 0 Å². The van der Waals surface area contributed by atoms with Crippen LogP contribution in [-0.2, 0) is 0 Å². The minimum atomic E-state index is -1.83. The quantitative estimate of drug-likeness (QED) is 0.610. The summed E-state index contributed by atoms with van der Waals surface area (Å²) in [7, 11) is -1.83. The minimum Gasteiger partial charge on any atom is -0.0985 e. The first-order valence-electron chi connectivity index (χ1n) is 8.33. The first kappa shape index (κ1) is 14.9. The van der Waals surface area contributed by atoms with Crippen molar-refractivity contribution in [2.45, 2.75) is 6.55 Å². The zero-order valence-corrected chi connectivity index (χ0v) is 14.9. The molecule has 0 nitrogen and oxygen atoms in total. The monoisotopic (exact) mass is 324 g/mol. The van der Waals surface area contributed by atoms with Crippen molar-refractivity contribution in [3.63, 3.8) is 0 Å². The molecule has 24 heavy (non-hydrogen) atoms. The molecule has 0 aromatic heterocycles. The molecule has 0 spiro atoms. The van der Waals surface area contributed by atoms with E-state index >= 15 is 0 Å². The van der Waals surface area contributed by atoms with E-state index in [2.05, 4.69) is 97.7 Å². The Morgan fingerprint density at radius 1 is 0.708 bits per heavy atom. The van der Waals surface area contributed by atoms with E-state index in [0.29, 0.717) is 0 Å². The van der Waals surface area contributed by atoms with Crippen LogP contribution in [0.5, 0.6) is 0 Å². The summed E-state index contributed by atoms with van der Waals surface area (Å²) in [5.74, 6) is 0. The van der Waals surface area contributed by atoms with Gasteiger partial charge in [0.1, 0.15) is 8.07 Å². The second-order valence-electron chi connectivity index (χ2n) is 6.50. The zero-order valence-electron chi connectivity index (χ0n) is 13.9. The molecule has 0 aliphatic carbocycles. The summed E-state index contributed by atoms with van der Waals surface area (Å²) in [6.45, 7) is 6.27. The first-order chi connectivity index (χ1) is 11.7. The topological polar surface area (TPSA) is 0 Å². The largest absolute Gasteiger partial charge is 0.139 e. The van der Waals surface area contributed by atoms with Crippen LogP contribution in [0.3, 0.4) is 0 Å². The third kappa shape index (κ3) is 2.29. The Labute approximate surface area is 144 Å². The second-order valence-corrected chi connectivity index (χ2v) is 10.3. The summed E-state index contributed by atoms with van der Waals surface area (Å²) in [4.78, 5) is 0. The van der Waals surface area contributed by atoms with Crippen molar-refractivity contribution in [3.8, 4) is 11.1 Å². The highest BCUT2D eigenvalue weighted by molar-refractivity contribution is 7.08. The number of hydrogen-bond acceptors (Lipinski definition) is 0. The summed E-state index contributed by atoms with van der Waals surface area (Å²) in [6.07, 6.45) is 4.17.